The van der Waals surface area contributed by atoms with E-state index >= 15 is 0 Å². The van der Waals surface area contributed by atoms with E-state index in [0.29, 0.717) is 21.2 Å². The van der Waals surface area contributed by atoms with Crippen LogP contribution >= 0.6 is 39.1 Å². The Kier molecular flexibility index (Phi) is 5.17. The third-order valence-electron chi connectivity index (χ3n) is 2.47. The molecule has 102 valence electrons. The minimum absolute atomic E-state index is 0.308. The van der Waals surface area contributed by atoms with Crippen molar-refractivity contribution in [2.24, 2.45) is 5.10 Å². The van der Waals surface area contributed by atoms with Gasteiger partial charge in [0.2, 0.25) is 0 Å². The number of carbonyl (C=O) groups excluding carboxylic acids is 1. The predicted molar refractivity (Wildman–Crippen MR) is 85.7 cm³/mol. The van der Waals surface area contributed by atoms with Gasteiger partial charge in [-0.1, -0.05) is 45.2 Å². The molecule has 0 saturated carbocycles. The molecule has 0 aromatic heterocycles. The first-order chi connectivity index (χ1) is 9.58. The second kappa shape index (κ2) is 6.88. The normalized spacial score (nSPS) is 10.8. The lowest BCUT2D eigenvalue weighted by Gasteiger charge is -2.02. The third-order valence-corrected chi connectivity index (χ3v) is 3.65. The van der Waals surface area contributed by atoms with E-state index in [2.05, 4.69) is 26.5 Å². The zero-order valence-corrected chi connectivity index (χ0v) is 13.2. The van der Waals surface area contributed by atoms with Gasteiger partial charge in [0, 0.05) is 15.6 Å². The van der Waals surface area contributed by atoms with E-state index in [4.69, 9.17) is 23.2 Å². The number of hydrogen-bond acceptors (Lipinski definition) is 2. The summed E-state index contributed by atoms with van der Waals surface area (Å²) in [6, 6.07) is 12.1. The summed E-state index contributed by atoms with van der Waals surface area (Å²) in [5.74, 6) is -0.308. The molecule has 2 aromatic carbocycles. The van der Waals surface area contributed by atoms with Crippen molar-refractivity contribution in [1.29, 1.82) is 0 Å². The van der Waals surface area contributed by atoms with E-state index in [1.807, 2.05) is 0 Å². The van der Waals surface area contributed by atoms with Crippen LogP contribution in [0, 0.1) is 0 Å². The zero-order valence-electron chi connectivity index (χ0n) is 10.1. The van der Waals surface area contributed by atoms with Crippen LogP contribution in [0.3, 0.4) is 0 Å². The maximum atomic E-state index is 11.8. The van der Waals surface area contributed by atoms with Crippen molar-refractivity contribution >= 4 is 51.3 Å². The van der Waals surface area contributed by atoms with Gasteiger partial charge in [0.05, 0.1) is 16.3 Å². The molecule has 0 bridgehead atoms. The van der Waals surface area contributed by atoms with E-state index in [1.165, 1.54) is 6.21 Å². The van der Waals surface area contributed by atoms with Crippen molar-refractivity contribution in [3.8, 4) is 0 Å². The summed E-state index contributed by atoms with van der Waals surface area (Å²) in [4.78, 5) is 11.8. The number of rotatable bonds is 3. The molecule has 6 heteroatoms. The molecule has 0 spiro atoms. The molecular weight excluding hydrogens is 363 g/mol. The Morgan fingerprint density at radius 3 is 2.30 bits per heavy atom. The Morgan fingerprint density at radius 1 is 1.10 bits per heavy atom. The number of hydrazone groups is 1. The van der Waals surface area contributed by atoms with Crippen molar-refractivity contribution in [2.75, 3.05) is 0 Å². The van der Waals surface area contributed by atoms with Crippen LogP contribution in [0.5, 0.6) is 0 Å². The standard InChI is InChI=1S/C14H9BrCl2N2O/c15-10-6-4-9(5-7-10)14(20)19-18-8-11-12(16)2-1-3-13(11)17/h1-8H,(H,19,20)/b18-8-. The Morgan fingerprint density at radius 2 is 1.70 bits per heavy atom. The highest BCUT2D eigenvalue weighted by atomic mass is 79.9. The lowest BCUT2D eigenvalue weighted by molar-refractivity contribution is 0.0955. The largest absolute Gasteiger partial charge is 0.271 e. The van der Waals surface area contributed by atoms with Crippen LogP contribution in [-0.4, -0.2) is 12.1 Å². The van der Waals surface area contributed by atoms with Crippen LogP contribution in [0.25, 0.3) is 0 Å². The molecule has 0 saturated heterocycles. The van der Waals surface area contributed by atoms with Gasteiger partial charge in [-0.05, 0) is 36.4 Å². The smallest absolute Gasteiger partial charge is 0.267 e. The maximum Gasteiger partial charge on any atom is 0.271 e. The summed E-state index contributed by atoms with van der Waals surface area (Å²) in [6.45, 7) is 0. The Hall–Kier alpha value is -1.36. The zero-order chi connectivity index (χ0) is 14.5. The molecule has 0 atom stereocenters. The maximum absolute atomic E-state index is 11.8. The fraction of sp³-hybridized carbons (Fsp3) is 0. The first kappa shape index (κ1) is 15.0. The van der Waals surface area contributed by atoms with E-state index in [-0.39, 0.29) is 5.91 Å². The van der Waals surface area contributed by atoms with Gasteiger partial charge in [-0.2, -0.15) is 5.10 Å². The number of amides is 1. The van der Waals surface area contributed by atoms with Crippen LogP contribution in [-0.2, 0) is 0 Å². The monoisotopic (exact) mass is 370 g/mol. The van der Waals surface area contributed by atoms with Gasteiger partial charge in [0.25, 0.3) is 5.91 Å². The highest BCUT2D eigenvalue weighted by Gasteiger charge is 2.04. The topological polar surface area (TPSA) is 41.5 Å². The van der Waals surface area contributed by atoms with Crippen molar-refractivity contribution in [3.63, 3.8) is 0 Å². The number of carbonyl (C=O) groups is 1. The molecule has 0 aliphatic rings. The summed E-state index contributed by atoms with van der Waals surface area (Å²) >= 11 is 15.3. The molecule has 0 unspecified atom stereocenters. The fourth-order valence-corrected chi connectivity index (χ4v) is 2.21. The Bertz CT molecular complexity index is 636. The third kappa shape index (κ3) is 3.82. The highest BCUT2D eigenvalue weighted by molar-refractivity contribution is 9.10. The number of benzene rings is 2. The van der Waals surface area contributed by atoms with Gasteiger partial charge in [-0.25, -0.2) is 5.43 Å². The first-order valence-electron chi connectivity index (χ1n) is 5.61. The van der Waals surface area contributed by atoms with Crippen molar-refractivity contribution in [3.05, 3.63) is 68.1 Å². The molecule has 0 aliphatic carbocycles. The van der Waals surface area contributed by atoms with Gasteiger partial charge in [-0.15, -0.1) is 0 Å². The summed E-state index contributed by atoms with van der Waals surface area (Å²) < 4.78 is 0.903. The van der Waals surface area contributed by atoms with Gasteiger partial charge < -0.3 is 0 Å². The van der Waals surface area contributed by atoms with Gasteiger partial charge >= 0.3 is 0 Å². The molecule has 3 nitrogen and oxygen atoms in total. The molecule has 1 amide bonds. The van der Waals surface area contributed by atoms with Crippen LogP contribution in [0.15, 0.2) is 52.0 Å². The second-order valence-corrected chi connectivity index (χ2v) is 5.57. The van der Waals surface area contributed by atoms with E-state index in [1.54, 1.807) is 42.5 Å². The summed E-state index contributed by atoms with van der Waals surface area (Å²) in [7, 11) is 0. The molecule has 1 N–H and O–H groups in total. The number of nitrogens with zero attached hydrogens (tertiary/aromatic N) is 1. The summed E-state index contributed by atoms with van der Waals surface area (Å²) in [5, 5.41) is 4.80. The van der Waals surface area contributed by atoms with Crippen LogP contribution in [0.4, 0.5) is 0 Å². The molecule has 20 heavy (non-hydrogen) atoms. The predicted octanol–water partition coefficient (Wildman–Crippen LogP) is 4.52. The van der Waals surface area contributed by atoms with Gasteiger partial charge in [-0.3, -0.25) is 4.79 Å². The van der Waals surface area contributed by atoms with Crippen LogP contribution < -0.4 is 5.43 Å². The Balaban J connectivity index is 2.06. The summed E-state index contributed by atoms with van der Waals surface area (Å²) in [6.07, 6.45) is 1.42. The van der Waals surface area contributed by atoms with E-state index < -0.39 is 0 Å². The van der Waals surface area contributed by atoms with E-state index in [9.17, 15) is 4.79 Å². The van der Waals surface area contributed by atoms with Gasteiger partial charge in [0.15, 0.2) is 0 Å². The SMILES string of the molecule is O=C(N/N=C\c1c(Cl)cccc1Cl)c1ccc(Br)cc1. The lowest BCUT2D eigenvalue weighted by atomic mass is 10.2. The molecule has 0 fully saturated rings. The number of hydrogen-bond donors (Lipinski definition) is 1. The Labute approximate surface area is 134 Å². The number of nitrogens with one attached hydrogen (secondary N) is 1. The second-order valence-electron chi connectivity index (χ2n) is 3.84. The molecule has 2 rings (SSSR count). The van der Waals surface area contributed by atoms with Crippen molar-refractivity contribution in [2.45, 2.75) is 0 Å². The molecule has 0 aliphatic heterocycles. The first-order valence-corrected chi connectivity index (χ1v) is 7.16. The number of halogens is 3. The van der Waals surface area contributed by atoms with Crippen LogP contribution in [0.2, 0.25) is 10.0 Å². The highest BCUT2D eigenvalue weighted by Crippen LogP contribution is 2.22. The van der Waals surface area contributed by atoms with Crippen molar-refractivity contribution < 1.29 is 4.79 Å². The minimum atomic E-state index is -0.308. The molecule has 0 heterocycles. The lowest BCUT2D eigenvalue weighted by Crippen LogP contribution is -2.17. The molecule has 0 radical (unpaired) electrons. The average molecular weight is 372 g/mol. The molecule has 2 aromatic rings. The average Bonchev–Trinajstić information content (AvgIpc) is 2.42. The summed E-state index contributed by atoms with van der Waals surface area (Å²) in [5.41, 5.74) is 3.49. The van der Waals surface area contributed by atoms with Crippen molar-refractivity contribution in [1.82, 2.24) is 5.43 Å². The fourth-order valence-electron chi connectivity index (χ4n) is 1.46. The quantitative estimate of drug-likeness (QED) is 0.625. The minimum Gasteiger partial charge on any atom is -0.267 e. The van der Waals surface area contributed by atoms with Crippen LogP contribution in [0.1, 0.15) is 15.9 Å². The molecular formula is C14H9BrCl2N2O. The van der Waals surface area contributed by atoms with E-state index in [0.717, 1.165) is 4.47 Å². The van der Waals surface area contributed by atoms with Gasteiger partial charge in [0.1, 0.15) is 0 Å².